The molecule has 6 heterocycles. The first-order valence-corrected chi connectivity index (χ1v) is 20.7. The van der Waals surface area contributed by atoms with Crippen LogP contribution in [0, 0.1) is 17.3 Å². The fraction of sp³-hybridized carbons (Fsp3) is 0.488. The minimum Gasteiger partial charge on any atom is -0.374 e. The maximum Gasteiger partial charge on any atom is 0.254 e. The first kappa shape index (κ1) is 36.6. The number of carbonyl (C=O) groups excluding carboxylic acids is 1. The summed E-state index contributed by atoms with van der Waals surface area (Å²) in [5.41, 5.74) is 11.4. The maximum absolute atomic E-state index is 14.4. The molecule has 4 aromatic heterocycles. The van der Waals surface area contributed by atoms with Gasteiger partial charge in [-0.2, -0.15) is 0 Å². The van der Waals surface area contributed by atoms with E-state index in [1.165, 1.54) is 5.56 Å². The topological polar surface area (TPSA) is 127 Å². The number of amides is 1. The van der Waals surface area contributed by atoms with Gasteiger partial charge in [0.05, 0.1) is 40.8 Å². The third kappa shape index (κ3) is 6.40. The number of pyridine rings is 2. The van der Waals surface area contributed by atoms with Crippen LogP contribution in [0.1, 0.15) is 80.4 Å². The van der Waals surface area contributed by atoms with Gasteiger partial charge in [0.1, 0.15) is 6.10 Å². The van der Waals surface area contributed by atoms with Crippen molar-refractivity contribution in [2.75, 3.05) is 26.8 Å². The summed E-state index contributed by atoms with van der Waals surface area (Å²) in [4.78, 5) is 29.1. The van der Waals surface area contributed by atoms with Gasteiger partial charge in [-0.15, -0.1) is 11.3 Å². The number of carbonyl (C=O) groups is 1. The second kappa shape index (κ2) is 14.5. The quantitative estimate of drug-likeness (QED) is 0.179. The lowest BCUT2D eigenvalue weighted by atomic mass is 9.67. The molecule has 1 amide bonds. The smallest absolute Gasteiger partial charge is 0.254 e. The van der Waals surface area contributed by atoms with Gasteiger partial charge in [-0.05, 0) is 85.5 Å². The first-order valence-electron chi connectivity index (χ1n) is 19.8. The summed E-state index contributed by atoms with van der Waals surface area (Å²) in [5.74, 6) is 1.04. The van der Waals surface area contributed by atoms with E-state index >= 15 is 0 Å². The van der Waals surface area contributed by atoms with Crippen molar-refractivity contribution in [2.24, 2.45) is 17.3 Å². The normalized spacial score (nSPS) is 28.8. The van der Waals surface area contributed by atoms with Crippen LogP contribution in [-0.4, -0.2) is 80.7 Å². The molecule has 288 valence electrons. The SMILES string of the molecule is CCn1c2c3c4cc(ccc41)-c1csc(n1)CC(NC[C@H]1[C@H](C)[C@@H]1c1ccccn1)C(=O)N1CCC[C@H](N1)C(O)OCC(C)(C)C3[C@H](OC)c1ncccc1-2. The number of benzene rings is 1. The number of aromatic nitrogens is 4. The van der Waals surface area contributed by atoms with Crippen molar-refractivity contribution in [3.8, 4) is 22.5 Å². The zero-order valence-corrected chi connectivity index (χ0v) is 33.1. The van der Waals surface area contributed by atoms with Crippen LogP contribution in [0.25, 0.3) is 33.4 Å². The van der Waals surface area contributed by atoms with Crippen LogP contribution in [0.15, 0.2) is 66.3 Å². The number of methoxy groups -OCH3 is 1. The number of aliphatic hydroxyl groups excluding tert-OH is 1. The molecule has 2 aliphatic heterocycles. The fourth-order valence-electron chi connectivity index (χ4n) is 9.71. The van der Waals surface area contributed by atoms with Crippen LogP contribution in [0.5, 0.6) is 0 Å². The Morgan fingerprint density at radius 2 is 2.00 bits per heavy atom. The lowest BCUT2D eigenvalue weighted by Crippen LogP contribution is -2.61. The summed E-state index contributed by atoms with van der Waals surface area (Å²) >= 11 is 1.60. The van der Waals surface area contributed by atoms with Gasteiger partial charge in [0.25, 0.3) is 5.91 Å². The van der Waals surface area contributed by atoms with Crippen LogP contribution in [0.3, 0.4) is 0 Å². The molecule has 8 atom stereocenters. The third-order valence-corrected chi connectivity index (χ3v) is 13.5. The molecule has 3 N–H and O–H groups in total. The average molecular weight is 762 g/mol. The summed E-state index contributed by atoms with van der Waals surface area (Å²) < 4.78 is 15.2. The molecule has 55 heavy (non-hydrogen) atoms. The number of aliphatic hydroxyl groups is 1. The van der Waals surface area contributed by atoms with Gasteiger partial charge >= 0.3 is 0 Å². The van der Waals surface area contributed by atoms with Crippen molar-refractivity contribution in [3.63, 3.8) is 0 Å². The molecule has 1 saturated heterocycles. The van der Waals surface area contributed by atoms with Crippen molar-refractivity contribution in [2.45, 2.75) is 89.8 Å². The zero-order chi connectivity index (χ0) is 38.0. The molecule has 11 nitrogen and oxygen atoms in total. The van der Waals surface area contributed by atoms with E-state index in [0.29, 0.717) is 43.7 Å². The molecule has 4 aliphatic rings. The van der Waals surface area contributed by atoms with Gasteiger partial charge in [-0.3, -0.25) is 19.8 Å². The summed E-state index contributed by atoms with van der Waals surface area (Å²) in [6.45, 7) is 11.1. The minimum atomic E-state index is -1.12. The Balaban J connectivity index is 1.12. The highest BCUT2D eigenvalue weighted by Crippen LogP contribution is 2.57. The Kier molecular flexibility index (Phi) is 9.63. The number of hydrogen-bond donors (Lipinski definition) is 3. The van der Waals surface area contributed by atoms with Gasteiger partial charge in [-0.1, -0.05) is 32.9 Å². The molecule has 3 unspecified atom stereocenters. The maximum atomic E-state index is 14.4. The number of thiazole rings is 1. The van der Waals surface area contributed by atoms with Gasteiger partial charge in [0.15, 0.2) is 6.29 Å². The monoisotopic (exact) mass is 761 g/mol. The second-order valence-corrected chi connectivity index (χ2v) is 17.4. The predicted octanol–water partition coefficient (Wildman–Crippen LogP) is 6.45. The number of hydrazine groups is 1. The third-order valence-electron chi connectivity index (χ3n) is 12.7. The van der Waals surface area contributed by atoms with Crippen molar-refractivity contribution in [1.29, 1.82) is 0 Å². The van der Waals surface area contributed by atoms with Crippen LogP contribution < -0.4 is 10.7 Å². The van der Waals surface area contributed by atoms with Gasteiger partial charge < -0.3 is 24.5 Å². The van der Waals surface area contributed by atoms with Crippen LogP contribution in [0.2, 0.25) is 0 Å². The average Bonchev–Trinajstić information content (AvgIpc) is 3.48. The molecule has 1 saturated carbocycles. The summed E-state index contributed by atoms with van der Waals surface area (Å²) in [7, 11) is 1.76. The highest BCUT2D eigenvalue weighted by Gasteiger charge is 2.49. The van der Waals surface area contributed by atoms with Crippen LogP contribution >= 0.6 is 11.3 Å². The summed E-state index contributed by atoms with van der Waals surface area (Å²) in [5, 5.41) is 21.2. The molecule has 5 aromatic rings. The number of aryl methyl sites for hydroxylation is 1. The zero-order valence-electron chi connectivity index (χ0n) is 32.2. The van der Waals surface area contributed by atoms with Crippen molar-refractivity contribution in [1.82, 2.24) is 35.3 Å². The summed E-state index contributed by atoms with van der Waals surface area (Å²) in [6.07, 6.45) is 4.14. The van der Waals surface area contributed by atoms with E-state index in [1.807, 2.05) is 30.6 Å². The molecule has 6 bridgehead atoms. The molecule has 0 radical (unpaired) electrons. The number of fused-ring (bicyclic) bond motifs is 8. The molecular formula is C43H51N7O4S. The Morgan fingerprint density at radius 3 is 2.80 bits per heavy atom. The van der Waals surface area contributed by atoms with E-state index in [1.54, 1.807) is 23.5 Å². The van der Waals surface area contributed by atoms with Gasteiger partial charge in [-0.25, -0.2) is 10.4 Å². The molecule has 2 aliphatic carbocycles. The van der Waals surface area contributed by atoms with Gasteiger partial charge in [0, 0.05) is 84.0 Å². The molecule has 9 rings (SSSR count). The van der Waals surface area contributed by atoms with Crippen LogP contribution in [0.4, 0.5) is 0 Å². The van der Waals surface area contributed by atoms with Gasteiger partial charge in [0.2, 0.25) is 0 Å². The standard InChI is InChI=1S/C43H51N7O4S/c1-6-49-33-15-14-25-19-27(33)36-37(40(53-5)38-26(39(36)49)11-9-17-45-38)43(3,4)23-54-42(52)30-13-10-18-50(48-30)41(51)31(20-34-47-32(25)22-55-34)46-21-28-24(2)35(28)29-12-7-8-16-44-29/h7-9,11-12,14-17,19,22,24,28,30-31,35,37,40,42,46,48,52H,6,10,13,18,20-21,23H2,1-5H3/t24-,28-,30-,31?,35-,37?,40-,42?/m0/s1. The molecule has 12 heteroatoms. The first-order chi connectivity index (χ1) is 26.7. The Labute approximate surface area is 326 Å². The van der Waals surface area contributed by atoms with Crippen molar-refractivity contribution in [3.05, 3.63) is 88.3 Å². The lowest BCUT2D eigenvalue weighted by Gasteiger charge is -2.43. The van der Waals surface area contributed by atoms with Crippen LogP contribution in [-0.2, 0) is 27.2 Å². The van der Waals surface area contributed by atoms with Crippen molar-refractivity contribution >= 4 is 28.1 Å². The van der Waals surface area contributed by atoms with E-state index in [9.17, 15) is 9.90 Å². The Morgan fingerprint density at radius 1 is 1.15 bits per heavy atom. The van der Waals surface area contributed by atoms with E-state index in [-0.39, 0.29) is 24.5 Å². The number of nitrogens with one attached hydrogen (secondary N) is 2. The number of nitrogens with zero attached hydrogens (tertiary/aromatic N) is 5. The number of ether oxygens (including phenoxy) is 2. The number of hydrogen-bond acceptors (Lipinski definition) is 10. The predicted molar refractivity (Wildman–Crippen MR) is 213 cm³/mol. The highest BCUT2D eigenvalue weighted by molar-refractivity contribution is 7.10. The van der Waals surface area contributed by atoms with E-state index in [2.05, 4.69) is 83.7 Å². The fourth-order valence-corrected chi connectivity index (χ4v) is 10.6. The highest BCUT2D eigenvalue weighted by atomic mass is 32.1. The second-order valence-electron chi connectivity index (χ2n) is 16.5. The van der Waals surface area contributed by atoms with E-state index < -0.39 is 23.8 Å². The van der Waals surface area contributed by atoms with Crippen molar-refractivity contribution < 1.29 is 19.4 Å². The Bertz CT molecular complexity index is 2200. The largest absolute Gasteiger partial charge is 0.374 e. The van der Waals surface area contributed by atoms with E-state index in [0.717, 1.165) is 62.8 Å². The molecule has 0 spiro atoms. The summed E-state index contributed by atoms with van der Waals surface area (Å²) in [6, 6.07) is 16.0. The Hall–Kier alpha value is -4.04. The molecular weight excluding hydrogens is 711 g/mol. The van der Waals surface area contributed by atoms with E-state index in [4.69, 9.17) is 19.4 Å². The molecule has 1 aromatic carbocycles. The lowest BCUT2D eigenvalue weighted by molar-refractivity contribution is -0.168. The molecule has 2 fully saturated rings. The number of rotatable bonds is 6. The minimum absolute atomic E-state index is 0.0476.